The van der Waals surface area contributed by atoms with Crippen molar-refractivity contribution in [2.45, 2.75) is 26.9 Å². The molecule has 7 heteroatoms. The number of aryl methyl sites for hydroxylation is 1. The van der Waals surface area contributed by atoms with Crippen LogP contribution in [0.15, 0.2) is 72.8 Å². The normalized spacial score (nSPS) is 10.9. The molecule has 6 nitrogen and oxygen atoms in total. The van der Waals surface area contributed by atoms with Crippen molar-refractivity contribution in [3.05, 3.63) is 88.9 Å². The Morgan fingerprint density at radius 1 is 1.00 bits per heavy atom. The van der Waals surface area contributed by atoms with Gasteiger partial charge in [0.25, 0.3) is 5.91 Å². The average Bonchev–Trinajstić information content (AvgIpc) is 3.18. The SMILES string of the molecule is Cc1ccc(-c2nc(OC(C)C)nn2-c2ccc(NC(=O)c3ccccc3Cl)cc2)cc1. The molecule has 4 aromatic rings. The molecule has 4 rings (SSSR count). The van der Waals surface area contributed by atoms with Gasteiger partial charge < -0.3 is 10.1 Å². The van der Waals surface area contributed by atoms with Crippen LogP contribution in [0.5, 0.6) is 6.01 Å². The van der Waals surface area contributed by atoms with Crippen LogP contribution in [-0.2, 0) is 0 Å². The largest absolute Gasteiger partial charge is 0.460 e. The fourth-order valence-electron chi connectivity index (χ4n) is 3.15. The van der Waals surface area contributed by atoms with Crippen molar-refractivity contribution in [2.75, 3.05) is 5.32 Å². The quantitative estimate of drug-likeness (QED) is 0.398. The molecule has 1 amide bonds. The van der Waals surface area contributed by atoms with Crippen LogP contribution in [0.4, 0.5) is 5.69 Å². The summed E-state index contributed by atoms with van der Waals surface area (Å²) < 4.78 is 7.46. The third-order valence-corrected chi connectivity index (χ3v) is 5.06. The van der Waals surface area contributed by atoms with E-state index in [1.165, 1.54) is 0 Å². The molecule has 0 saturated carbocycles. The van der Waals surface area contributed by atoms with Crippen molar-refractivity contribution in [3.63, 3.8) is 0 Å². The lowest BCUT2D eigenvalue weighted by molar-refractivity contribution is 0.102. The van der Waals surface area contributed by atoms with E-state index >= 15 is 0 Å². The van der Waals surface area contributed by atoms with Gasteiger partial charge in [-0.25, -0.2) is 4.68 Å². The topological polar surface area (TPSA) is 69.0 Å². The highest BCUT2D eigenvalue weighted by atomic mass is 35.5. The first-order valence-electron chi connectivity index (χ1n) is 10.3. The molecule has 0 spiro atoms. The maximum Gasteiger partial charge on any atom is 0.336 e. The van der Waals surface area contributed by atoms with Crippen LogP contribution in [0, 0.1) is 6.92 Å². The first-order valence-corrected chi connectivity index (χ1v) is 10.7. The number of nitrogens with zero attached hydrogens (tertiary/aromatic N) is 3. The summed E-state index contributed by atoms with van der Waals surface area (Å²) in [7, 11) is 0. The lowest BCUT2D eigenvalue weighted by Crippen LogP contribution is -2.12. The van der Waals surface area contributed by atoms with Gasteiger partial charge in [0.15, 0.2) is 5.82 Å². The highest BCUT2D eigenvalue weighted by Gasteiger charge is 2.16. The number of aromatic nitrogens is 3. The van der Waals surface area contributed by atoms with Gasteiger partial charge in [-0.2, -0.15) is 4.98 Å². The van der Waals surface area contributed by atoms with Crippen LogP contribution in [-0.4, -0.2) is 26.8 Å². The van der Waals surface area contributed by atoms with E-state index in [0.717, 1.165) is 16.8 Å². The Labute approximate surface area is 191 Å². The van der Waals surface area contributed by atoms with Crippen molar-refractivity contribution < 1.29 is 9.53 Å². The number of benzene rings is 3. The molecule has 1 heterocycles. The number of nitrogens with one attached hydrogen (secondary N) is 1. The van der Waals surface area contributed by atoms with E-state index in [1.54, 1.807) is 28.9 Å². The molecule has 3 aromatic carbocycles. The van der Waals surface area contributed by atoms with Gasteiger partial charge in [-0.3, -0.25) is 4.79 Å². The van der Waals surface area contributed by atoms with Gasteiger partial charge in [0.05, 0.1) is 22.4 Å². The molecule has 0 saturated heterocycles. The number of amides is 1. The molecule has 0 unspecified atom stereocenters. The monoisotopic (exact) mass is 446 g/mol. The third kappa shape index (κ3) is 4.81. The molecule has 0 bridgehead atoms. The summed E-state index contributed by atoms with van der Waals surface area (Å²) in [6, 6.07) is 22.7. The minimum Gasteiger partial charge on any atom is -0.460 e. The van der Waals surface area contributed by atoms with Crippen LogP contribution in [0.1, 0.15) is 29.8 Å². The number of rotatable bonds is 6. The predicted octanol–water partition coefficient (Wildman–Crippen LogP) is 5.94. The van der Waals surface area contributed by atoms with Crippen molar-refractivity contribution in [1.29, 1.82) is 0 Å². The second-order valence-corrected chi connectivity index (χ2v) is 8.05. The van der Waals surface area contributed by atoms with Crippen LogP contribution in [0.2, 0.25) is 5.02 Å². The Kier molecular flexibility index (Phi) is 6.23. The van der Waals surface area contributed by atoms with Crippen LogP contribution < -0.4 is 10.1 Å². The minimum absolute atomic E-state index is 0.0425. The van der Waals surface area contributed by atoms with Gasteiger partial charge in [0.2, 0.25) is 0 Å². The van der Waals surface area contributed by atoms with Crippen molar-refractivity contribution >= 4 is 23.2 Å². The van der Waals surface area contributed by atoms with Gasteiger partial charge in [0, 0.05) is 11.3 Å². The Balaban J connectivity index is 1.63. The summed E-state index contributed by atoms with van der Waals surface area (Å²) in [5.41, 5.74) is 3.96. The highest BCUT2D eigenvalue weighted by Crippen LogP contribution is 2.25. The van der Waals surface area contributed by atoms with Gasteiger partial charge in [-0.1, -0.05) is 53.6 Å². The van der Waals surface area contributed by atoms with Crippen molar-refractivity contribution in [3.8, 4) is 23.1 Å². The highest BCUT2D eigenvalue weighted by molar-refractivity contribution is 6.34. The minimum atomic E-state index is -0.267. The van der Waals surface area contributed by atoms with Crippen molar-refractivity contribution in [1.82, 2.24) is 14.8 Å². The van der Waals surface area contributed by atoms with Crippen LogP contribution in [0.25, 0.3) is 17.1 Å². The molecule has 0 fully saturated rings. The maximum atomic E-state index is 12.5. The Morgan fingerprint density at radius 2 is 1.69 bits per heavy atom. The smallest absolute Gasteiger partial charge is 0.336 e. The zero-order valence-corrected chi connectivity index (χ0v) is 18.8. The Bertz CT molecular complexity index is 1230. The van der Waals surface area contributed by atoms with E-state index in [1.807, 2.05) is 69.3 Å². The van der Waals surface area contributed by atoms with Gasteiger partial charge in [-0.15, -0.1) is 5.10 Å². The van der Waals surface area contributed by atoms with Crippen molar-refractivity contribution in [2.24, 2.45) is 0 Å². The molecule has 32 heavy (non-hydrogen) atoms. The van der Waals surface area contributed by atoms with Gasteiger partial charge in [0.1, 0.15) is 0 Å². The first-order chi connectivity index (χ1) is 15.4. The van der Waals surface area contributed by atoms with E-state index < -0.39 is 0 Å². The number of anilines is 1. The Hall–Kier alpha value is -3.64. The maximum absolute atomic E-state index is 12.5. The summed E-state index contributed by atoms with van der Waals surface area (Å²) >= 11 is 6.12. The summed E-state index contributed by atoms with van der Waals surface area (Å²) in [5, 5.41) is 7.82. The van der Waals surface area contributed by atoms with Gasteiger partial charge >= 0.3 is 6.01 Å². The zero-order chi connectivity index (χ0) is 22.7. The molecule has 0 atom stereocenters. The summed E-state index contributed by atoms with van der Waals surface area (Å²) in [6.45, 7) is 5.91. The summed E-state index contributed by atoms with van der Waals surface area (Å²) in [4.78, 5) is 17.1. The lowest BCUT2D eigenvalue weighted by atomic mass is 10.1. The molecule has 1 aromatic heterocycles. The molecular weight excluding hydrogens is 424 g/mol. The summed E-state index contributed by atoms with van der Waals surface area (Å²) in [5.74, 6) is 0.408. The van der Waals surface area contributed by atoms with E-state index in [2.05, 4.69) is 15.4 Å². The van der Waals surface area contributed by atoms with E-state index in [-0.39, 0.29) is 12.0 Å². The third-order valence-electron chi connectivity index (χ3n) is 4.73. The van der Waals surface area contributed by atoms with E-state index in [0.29, 0.717) is 28.1 Å². The van der Waals surface area contributed by atoms with E-state index in [9.17, 15) is 4.79 Å². The first kappa shape index (κ1) is 21.6. The fraction of sp³-hybridized carbons (Fsp3) is 0.160. The number of carbonyl (C=O) groups is 1. The van der Waals surface area contributed by atoms with Gasteiger partial charge in [-0.05, 0) is 57.2 Å². The molecule has 0 radical (unpaired) electrons. The Morgan fingerprint density at radius 3 is 2.34 bits per heavy atom. The number of hydrogen-bond acceptors (Lipinski definition) is 4. The number of halogens is 1. The molecule has 162 valence electrons. The second-order valence-electron chi connectivity index (χ2n) is 7.64. The predicted molar refractivity (Wildman–Crippen MR) is 127 cm³/mol. The van der Waals surface area contributed by atoms with Crippen LogP contribution in [0.3, 0.4) is 0 Å². The fourth-order valence-corrected chi connectivity index (χ4v) is 3.37. The molecule has 0 aliphatic rings. The molecule has 1 N–H and O–H groups in total. The summed E-state index contributed by atoms with van der Waals surface area (Å²) in [6.07, 6.45) is -0.0425. The van der Waals surface area contributed by atoms with Crippen LogP contribution >= 0.6 is 11.6 Å². The standard InChI is InChI=1S/C25H23ClN4O2/c1-16(2)32-25-28-23(18-10-8-17(3)9-11-18)30(29-25)20-14-12-19(13-15-20)27-24(31)21-6-4-5-7-22(21)26/h4-16H,1-3H3,(H,27,31). The number of hydrogen-bond donors (Lipinski definition) is 1. The van der Waals surface area contributed by atoms with E-state index in [4.69, 9.17) is 16.3 Å². The molecule has 0 aliphatic heterocycles. The molecule has 0 aliphatic carbocycles. The number of carbonyl (C=O) groups excluding carboxylic acids is 1. The molecular formula is C25H23ClN4O2. The number of ether oxygens (including phenoxy) is 1. The second kappa shape index (κ2) is 9.24. The lowest BCUT2D eigenvalue weighted by Gasteiger charge is -2.09. The average molecular weight is 447 g/mol. The zero-order valence-electron chi connectivity index (χ0n) is 18.0.